The molecule has 1 N–H and O–H groups in total. The van der Waals surface area contributed by atoms with Gasteiger partial charge in [-0.15, -0.1) is 0 Å². The summed E-state index contributed by atoms with van der Waals surface area (Å²) in [4.78, 5) is 31.6. The van der Waals surface area contributed by atoms with E-state index in [1.807, 2.05) is 5.32 Å². The largest absolute Gasteiger partial charge is 0.286 e. The van der Waals surface area contributed by atoms with Gasteiger partial charge in [-0.3, -0.25) is 19.7 Å². The summed E-state index contributed by atoms with van der Waals surface area (Å²) in [7, 11) is 0. The van der Waals surface area contributed by atoms with Gasteiger partial charge in [0.15, 0.2) is 0 Å². The van der Waals surface area contributed by atoms with Gasteiger partial charge in [0.1, 0.15) is 5.25 Å². The van der Waals surface area contributed by atoms with E-state index in [0.29, 0.717) is 0 Å². The van der Waals surface area contributed by atoms with E-state index in [1.165, 1.54) is 0 Å². The average Bonchev–Trinajstić information content (AvgIpc) is 2.09. The third-order valence-corrected chi connectivity index (χ3v) is 2.25. The molecule has 0 bridgehead atoms. The number of hydrogen-bond acceptors (Lipinski definition) is 4. The van der Waals surface area contributed by atoms with Crippen LogP contribution in [0.5, 0.6) is 0 Å². The van der Waals surface area contributed by atoms with Crippen LogP contribution in [0.25, 0.3) is 0 Å². The summed E-state index contributed by atoms with van der Waals surface area (Å²) in [5.74, 6) is -0.436. The van der Waals surface area contributed by atoms with Gasteiger partial charge in [0.2, 0.25) is 11.1 Å². The van der Waals surface area contributed by atoms with Crippen molar-refractivity contribution in [1.29, 1.82) is 0 Å². The van der Waals surface area contributed by atoms with Crippen LogP contribution in [0.4, 0.5) is 4.79 Å². The molecule has 1 atom stereocenters. The van der Waals surface area contributed by atoms with Crippen LogP contribution in [-0.2, 0) is 9.59 Å². The lowest BCUT2D eigenvalue weighted by atomic mass is 10.3. The Morgan fingerprint density at radius 2 is 2.27 bits per heavy atom. The van der Waals surface area contributed by atoms with Gasteiger partial charge < -0.3 is 0 Å². The molecule has 6 heteroatoms. The van der Waals surface area contributed by atoms with E-state index in [9.17, 15) is 14.4 Å². The van der Waals surface area contributed by atoms with Crippen LogP contribution in [0.2, 0.25) is 0 Å². The molecule has 4 nitrogen and oxygen atoms in total. The minimum atomic E-state index is -0.632. The second kappa shape index (κ2) is 3.23. The summed E-state index contributed by atoms with van der Waals surface area (Å²) in [6.45, 7) is 0. The molecule has 1 saturated heterocycles. The second-order valence-corrected chi connectivity index (χ2v) is 3.54. The van der Waals surface area contributed by atoms with Crippen molar-refractivity contribution in [3.8, 4) is 0 Å². The number of amides is 2. The van der Waals surface area contributed by atoms with Crippen molar-refractivity contribution in [1.82, 2.24) is 5.32 Å². The van der Waals surface area contributed by atoms with Gasteiger partial charge in [-0.1, -0.05) is 11.8 Å². The average molecular weight is 194 g/mol. The van der Waals surface area contributed by atoms with Crippen LogP contribution in [0.3, 0.4) is 0 Å². The zero-order chi connectivity index (χ0) is 8.43. The Morgan fingerprint density at radius 3 is 2.64 bits per heavy atom. The first-order valence-electron chi connectivity index (χ1n) is 2.79. The highest BCUT2D eigenvalue weighted by atomic mass is 35.5. The molecule has 0 unspecified atom stereocenters. The van der Waals surface area contributed by atoms with Gasteiger partial charge >= 0.3 is 0 Å². The molecule has 0 aromatic rings. The van der Waals surface area contributed by atoms with Crippen LogP contribution in [0.1, 0.15) is 6.42 Å². The van der Waals surface area contributed by atoms with Gasteiger partial charge in [-0.25, -0.2) is 0 Å². The maximum atomic E-state index is 10.8. The lowest BCUT2D eigenvalue weighted by Crippen LogP contribution is -2.25. The molecule has 2 amide bonds. The number of nitrogens with one attached hydrogen (secondary N) is 1. The zero-order valence-corrected chi connectivity index (χ0v) is 6.87. The standard InChI is InChI=1S/C5H4ClNO3S/c6-3(8)1-2-4(9)7-5(10)11-2/h2H,1H2,(H,7,9,10)/t2-/m1/s1. The molecule has 60 valence electrons. The summed E-state index contributed by atoms with van der Waals surface area (Å²) in [5, 5.41) is 0.392. The highest BCUT2D eigenvalue weighted by Gasteiger charge is 2.32. The molecule has 1 heterocycles. The van der Waals surface area contributed by atoms with Crippen LogP contribution in [0.15, 0.2) is 0 Å². The minimum absolute atomic E-state index is 0.0935. The third kappa shape index (κ3) is 2.20. The predicted molar refractivity (Wildman–Crippen MR) is 40.4 cm³/mol. The molecule has 0 saturated carbocycles. The molecule has 0 aromatic heterocycles. The highest BCUT2D eigenvalue weighted by molar-refractivity contribution is 8.15. The summed E-state index contributed by atoms with van der Waals surface area (Å²) in [5.41, 5.74) is 0. The van der Waals surface area contributed by atoms with E-state index in [1.54, 1.807) is 0 Å². The van der Waals surface area contributed by atoms with Crippen LogP contribution in [-0.4, -0.2) is 21.6 Å². The van der Waals surface area contributed by atoms with Gasteiger partial charge in [0, 0.05) is 6.42 Å². The van der Waals surface area contributed by atoms with Crippen molar-refractivity contribution >= 4 is 39.8 Å². The lowest BCUT2D eigenvalue weighted by Gasteiger charge is -1.97. The maximum absolute atomic E-state index is 10.8. The Hall–Kier alpha value is -0.550. The molecule has 1 rings (SSSR count). The SMILES string of the molecule is O=C(Cl)C[C@H]1SC(=O)NC1=O. The first kappa shape index (κ1) is 8.55. The van der Waals surface area contributed by atoms with E-state index < -0.39 is 21.6 Å². The van der Waals surface area contributed by atoms with Crippen molar-refractivity contribution in [3.63, 3.8) is 0 Å². The Kier molecular flexibility index (Phi) is 2.51. The Morgan fingerprint density at radius 1 is 1.64 bits per heavy atom. The van der Waals surface area contributed by atoms with Crippen molar-refractivity contribution in [2.24, 2.45) is 0 Å². The van der Waals surface area contributed by atoms with E-state index >= 15 is 0 Å². The molecule has 0 radical (unpaired) electrons. The summed E-state index contributed by atoms with van der Waals surface area (Å²) in [6, 6.07) is 0. The summed E-state index contributed by atoms with van der Waals surface area (Å²) in [6.07, 6.45) is -0.0935. The Balaban J connectivity index is 2.53. The predicted octanol–water partition coefficient (Wildman–Crippen LogP) is 0.493. The third-order valence-electron chi connectivity index (χ3n) is 1.11. The maximum Gasteiger partial charge on any atom is 0.286 e. The molecule has 0 aromatic carbocycles. The molecule has 1 aliphatic rings. The quantitative estimate of drug-likeness (QED) is 0.649. The summed E-state index contributed by atoms with van der Waals surface area (Å²) < 4.78 is 0. The second-order valence-electron chi connectivity index (χ2n) is 1.94. The van der Waals surface area contributed by atoms with Crippen molar-refractivity contribution in [3.05, 3.63) is 0 Å². The molecule has 1 aliphatic heterocycles. The number of imide groups is 1. The first-order chi connectivity index (χ1) is 5.09. The summed E-state index contributed by atoms with van der Waals surface area (Å²) >= 11 is 5.82. The van der Waals surface area contributed by atoms with E-state index in [2.05, 4.69) is 0 Å². The van der Waals surface area contributed by atoms with Crippen molar-refractivity contribution in [2.45, 2.75) is 11.7 Å². The lowest BCUT2D eigenvalue weighted by molar-refractivity contribution is -0.121. The normalized spacial score (nSPS) is 23.5. The smallest absolute Gasteiger partial charge is 0.286 e. The molecular weight excluding hydrogens is 190 g/mol. The Labute approximate surface area is 71.7 Å². The van der Waals surface area contributed by atoms with Crippen molar-refractivity contribution < 1.29 is 14.4 Å². The fourth-order valence-electron chi connectivity index (χ4n) is 0.673. The van der Waals surface area contributed by atoms with Gasteiger partial charge in [0.25, 0.3) is 5.24 Å². The fourth-order valence-corrected chi connectivity index (χ4v) is 1.74. The number of carbonyl (C=O) groups is 3. The van der Waals surface area contributed by atoms with Crippen LogP contribution < -0.4 is 5.32 Å². The van der Waals surface area contributed by atoms with E-state index in [4.69, 9.17) is 11.6 Å². The molecule has 11 heavy (non-hydrogen) atoms. The van der Waals surface area contributed by atoms with Crippen LogP contribution in [0, 0.1) is 0 Å². The van der Waals surface area contributed by atoms with Crippen molar-refractivity contribution in [2.75, 3.05) is 0 Å². The number of halogens is 1. The topological polar surface area (TPSA) is 63.2 Å². The number of hydrogen-bond donors (Lipinski definition) is 1. The first-order valence-corrected chi connectivity index (χ1v) is 4.05. The molecule has 0 spiro atoms. The fraction of sp³-hybridized carbons (Fsp3) is 0.400. The van der Waals surface area contributed by atoms with Gasteiger partial charge in [-0.05, 0) is 11.6 Å². The molecule has 1 fully saturated rings. The van der Waals surface area contributed by atoms with Gasteiger partial charge in [-0.2, -0.15) is 0 Å². The Bertz CT molecular complexity index is 230. The minimum Gasteiger partial charge on any atom is -0.286 e. The number of carbonyl (C=O) groups excluding carboxylic acids is 3. The van der Waals surface area contributed by atoms with E-state index in [-0.39, 0.29) is 6.42 Å². The van der Waals surface area contributed by atoms with E-state index in [0.717, 1.165) is 11.8 Å². The molecular formula is C5H4ClNO3S. The zero-order valence-electron chi connectivity index (χ0n) is 5.30. The molecule has 0 aliphatic carbocycles. The van der Waals surface area contributed by atoms with Gasteiger partial charge in [0.05, 0.1) is 0 Å². The monoisotopic (exact) mass is 193 g/mol. The number of rotatable bonds is 2. The highest BCUT2D eigenvalue weighted by Crippen LogP contribution is 2.22. The van der Waals surface area contributed by atoms with Crippen LogP contribution >= 0.6 is 23.4 Å². The number of thioether (sulfide) groups is 1.